The SMILES string of the molecule is COc1cccc(C(=O)NCC(=O)NC(CCC(C)(C)C)C(=O)O)c1. The predicted molar refractivity (Wildman–Crippen MR) is 93.6 cm³/mol. The number of carbonyl (C=O) groups is 3. The Morgan fingerprint density at radius 1 is 1.24 bits per heavy atom. The molecule has 0 radical (unpaired) electrons. The molecule has 1 aromatic rings. The van der Waals surface area contributed by atoms with Gasteiger partial charge in [0.2, 0.25) is 5.91 Å². The van der Waals surface area contributed by atoms with Gasteiger partial charge in [0.25, 0.3) is 5.91 Å². The van der Waals surface area contributed by atoms with Gasteiger partial charge in [-0.2, -0.15) is 0 Å². The summed E-state index contributed by atoms with van der Waals surface area (Å²) in [5, 5.41) is 14.1. The smallest absolute Gasteiger partial charge is 0.326 e. The van der Waals surface area contributed by atoms with Crippen molar-refractivity contribution in [3.8, 4) is 5.75 Å². The number of methoxy groups -OCH3 is 1. The first-order valence-electron chi connectivity index (χ1n) is 8.07. The van der Waals surface area contributed by atoms with Crippen molar-refractivity contribution in [1.82, 2.24) is 10.6 Å². The van der Waals surface area contributed by atoms with E-state index in [0.29, 0.717) is 24.2 Å². The highest BCUT2D eigenvalue weighted by molar-refractivity contribution is 5.97. The Bertz CT molecular complexity index is 622. The van der Waals surface area contributed by atoms with Crippen LogP contribution in [0.1, 0.15) is 44.0 Å². The number of aliphatic carboxylic acids is 1. The summed E-state index contributed by atoms with van der Waals surface area (Å²) < 4.78 is 5.04. The van der Waals surface area contributed by atoms with Gasteiger partial charge in [-0.05, 0) is 36.5 Å². The summed E-state index contributed by atoms with van der Waals surface area (Å²) in [7, 11) is 1.49. The second-order valence-corrected chi connectivity index (χ2v) is 6.97. The third-order valence-corrected chi connectivity index (χ3v) is 3.56. The van der Waals surface area contributed by atoms with E-state index in [4.69, 9.17) is 4.74 Å². The molecule has 0 aliphatic carbocycles. The van der Waals surface area contributed by atoms with Gasteiger partial charge in [0.15, 0.2) is 0 Å². The van der Waals surface area contributed by atoms with Gasteiger partial charge in [-0.1, -0.05) is 26.8 Å². The molecule has 1 rings (SSSR count). The van der Waals surface area contributed by atoms with E-state index in [-0.39, 0.29) is 12.0 Å². The second kappa shape index (κ2) is 9.05. The van der Waals surface area contributed by atoms with Crippen LogP contribution in [-0.2, 0) is 9.59 Å². The molecule has 1 aromatic carbocycles. The fourth-order valence-corrected chi connectivity index (χ4v) is 2.11. The van der Waals surface area contributed by atoms with Gasteiger partial charge in [0.05, 0.1) is 13.7 Å². The normalized spacial score (nSPS) is 12.2. The summed E-state index contributed by atoms with van der Waals surface area (Å²) in [5.74, 6) is -1.53. The zero-order valence-corrected chi connectivity index (χ0v) is 15.1. The topological polar surface area (TPSA) is 105 Å². The van der Waals surface area contributed by atoms with Crippen LogP contribution in [0.4, 0.5) is 0 Å². The maximum atomic E-state index is 12.0. The quantitative estimate of drug-likeness (QED) is 0.663. The lowest BCUT2D eigenvalue weighted by Crippen LogP contribution is -2.45. The molecule has 25 heavy (non-hydrogen) atoms. The van der Waals surface area contributed by atoms with Crippen molar-refractivity contribution in [2.45, 2.75) is 39.7 Å². The van der Waals surface area contributed by atoms with Gasteiger partial charge in [-0.15, -0.1) is 0 Å². The summed E-state index contributed by atoms with van der Waals surface area (Å²) in [6.45, 7) is 5.71. The van der Waals surface area contributed by atoms with Crippen molar-refractivity contribution in [1.29, 1.82) is 0 Å². The molecule has 7 nitrogen and oxygen atoms in total. The van der Waals surface area contributed by atoms with Crippen LogP contribution in [0.3, 0.4) is 0 Å². The minimum atomic E-state index is -1.09. The van der Waals surface area contributed by atoms with E-state index in [1.165, 1.54) is 7.11 Å². The molecule has 7 heteroatoms. The van der Waals surface area contributed by atoms with E-state index in [0.717, 1.165) is 0 Å². The zero-order chi connectivity index (χ0) is 19.0. The Balaban J connectivity index is 2.53. The van der Waals surface area contributed by atoms with Crippen LogP contribution in [-0.4, -0.2) is 42.6 Å². The van der Waals surface area contributed by atoms with Crippen LogP contribution in [0.5, 0.6) is 5.75 Å². The van der Waals surface area contributed by atoms with Gasteiger partial charge in [-0.3, -0.25) is 9.59 Å². The van der Waals surface area contributed by atoms with Gasteiger partial charge >= 0.3 is 5.97 Å². The van der Waals surface area contributed by atoms with Crippen molar-refractivity contribution in [2.75, 3.05) is 13.7 Å². The van der Waals surface area contributed by atoms with E-state index in [9.17, 15) is 19.5 Å². The molecule has 0 bridgehead atoms. The number of ether oxygens (including phenoxy) is 1. The molecule has 0 aromatic heterocycles. The fourth-order valence-electron chi connectivity index (χ4n) is 2.11. The first-order valence-corrected chi connectivity index (χ1v) is 8.07. The highest BCUT2D eigenvalue weighted by Crippen LogP contribution is 2.21. The Labute approximate surface area is 147 Å². The van der Waals surface area contributed by atoms with Crippen LogP contribution in [0.2, 0.25) is 0 Å². The van der Waals surface area contributed by atoms with Crippen LogP contribution < -0.4 is 15.4 Å². The van der Waals surface area contributed by atoms with E-state index in [1.54, 1.807) is 24.3 Å². The fraction of sp³-hybridized carbons (Fsp3) is 0.500. The van der Waals surface area contributed by atoms with Gasteiger partial charge in [0.1, 0.15) is 11.8 Å². The lowest BCUT2D eigenvalue weighted by molar-refractivity contribution is -0.142. The Morgan fingerprint density at radius 2 is 1.92 bits per heavy atom. The average Bonchev–Trinajstić information content (AvgIpc) is 2.55. The molecule has 1 unspecified atom stereocenters. The molecule has 0 saturated carbocycles. The van der Waals surface area contributed by atoms with Crippen molar-refractivity contribution in [2.24, 2.45) is 5.41 Å². The van der Waals surface area contributed by atoms with Gasteiger partial charge in [-0.25, -0.2) is 4.79 Å². The Morgan fingerprint density at radius 3 is 2.48 bits per heavy atom. The van der Waals surface area contributed by atoms with E-state index in [1.807, 2.05) is 20.8 Å². The maximum Gasteiger partial charge on any atom is 0.326 e. The summed E-state index contributed by atoms with van der Waals surface area (Å²) in [6, 6.07) is 5.55. The monoisotopic (exact) mass is 350 g/mol. The van der Waals surface area contributed by atoms with Crippen molar-refractivity contribution < 1.29 is 24.2 Å². The number of rotatable bonds is 8. The number of benzene rings is 1. The van der Waals surface area contributed by atoms with Gasteiger partial charge in [0, 0.05) is 5.56 Å². The Hall–Kier alpha value is -2.57. The molecule has 2 amide bonds. The van der Waals surface area contributed by atoms with E-state index in [2.05, 4.69) is 10.6 Å². The van der Waals surface area contributed by atoms with Crippen molar-refractivity contribution in [3.05, 3.63) is 29.8 Å². The predicted octanol–water partition coefficient (Wildman–Crippen LogP) is 1.82. The lowest BCUT2D eigenvalue weighted by Gasteiger charge is -2.21. The summed E-state index contributed by atoms with van der Waals surface area (Å²) in [5.41, 5.74) is 0.327. The number of amides is 2. The summed E-state index contributed by atoms with van der Waals surface area (Å²) >= 11 is 0. The average molecular weight is 350 g/mol. The number of hydrogen-bond acceptors (Lipinski definition) is 4. The molecule has 0 spiro atoms. The minimum absolute atomic E-state index is 0.0288. The van der Waals surface area contributed by atoms with Crippen molar-refractivity contribution >= 4 is 17.8 Å². The third kappa shape index (κ3) is 7.69. The maximum absolute atomic E-state index is 12.0. The van der Waals surface area contributed by atoms with E-state index >= 15 is 0 Å². The highest BCUT2D eigenvalue weighted by atomic mass is 16.5. The molecule has 0 saturated heterocycles. The van der Waals surface area contributed by atoms with Crippen LogP contribution >= 0.6 is 0 Å². The summed E-state index contributed by atoms with van der Waals surface area (Å²) in [6.07, 6.45) is 0.981. The lowest BCUT2D eigenvalue weighted by atomic mass is 9.88. The van der Waals surface area contributed by atoms with Gasteiger partial charge < -0.3 is 20.5 Å². The number of carbonyl (C=O) groups excluding carboxylic acids is 2. The van der Waals surface area contributed by atoms with Crippen LogP contribution in [0, 0.1) is 5.41 Å². The molecule has 0 heterocycles. The zero-order valence-electron chi connectivity index (χ0n) is 15.1. The molecular formula is C18H26N2O5. The van der Waals surface area contributed by atoms with E-state index < -0.39 is 23.8 Å². The van der Waals surface area contributed by atoms with Crippen LogP contribution in [0.25, 0.3) is 0 Å². The molecular weight excluding hydrogens is 324 g/mol. The minimum Gasteiger partial charge on any atom is -0.497 e. The number of hydrogen-bond donors (Lipinski definition) is 3. The molecule has 138 valence electrons. The number of carboxylic acid groups (broad SMARTS) is 1. The number of nitrogens with one attached hydrogen (secondary N) is 2. The molecule has 0 aliphatic heterocycles. The first-order chi connectivity index (χ1) is 11.6. The molecule has 3 N–H and O–H groups in total. The molecule has 0 aliphatic rings. The number of carboxylic acids is 1. The second-order valence-electron chi connectivity index (χ2n) is 6.97. The first kappa shape index (κ1) is 20.5. The summed E-state index contributed by atoms with van der Waals surface area (Å²) in [4.78, 5) is 35.2. The standard InChI is InChI=1S/C18H26N2O5/c1-18(2,3)9-8-14(17(23)24)20-15(21)11-19-16(22)12-6-5-7-13(10-12)25-4/h5-7,10,14H,8-9,11H2,1-4H3,(H,19,22)(H,20,21)(H,23,24). The third-order valence-electron chi connectivity index (χ3n) is 3.56. The highest BCUT2D eigenvalue weighted by Gasteiger charge is 2.22. The molecule has 1 atom stereocenters. The Kier molecular flexibility index (Phi) is 7.42. The van der Waals surface area contributed by atoms with Crippen LogP contribution in [0.15, 0.2) is 24.3 Å². The van der Waals surface area contributed by atoms with Crippen molar-refractivity contribution in [3.63, 3.8) is 0 Å². The largest absolute Gasteiger partial charge is 0.497 e. The molecule has 0 fully saturated rings.